The summed E-state index contributed by atoms with van der Waals surface area (Å²) < 4.78 is 0. The minimum atomic E-state index is -0.254. The molecule has 1 aromatic heterocycles. The molecule has 1 rings (SSSR count). The van der Waals surface area contributed by atoms with Crippen LogP contribution < -0.4 is 0 Å². The van der Waals surface area contributed by atoms with Crippen LogP contribution in [0.15, 0.2) is 30.0 Å². The Morgan fingerprint density at radius 1 is 1.35 bits per heavy atom. The van der Waals surface area contributed by atoms with Crippen LogP contribution in [0.1, 0.15) is 19.5 Å². The van der Waals surface area contributed by atoms with Crippen LogP contribution in [0.5, 0.6) is 0 Å². The number of carbonyl (C=O) groups excluding carboxylic acids is 2. The summed E-state index contributed by atoms with van der Waals surface area (Å²) in [6.45, 7) is 4.93. The number of hydrogen-bond donors (Lipinski definition) is 0. The van der Waals surface area contributed by atoms with Crippen LogP contribution in [0.3, 0.4) is 0 Å². The van der Waals surface area contributed by atoms with Crippen molar-refractivity contribution < 1.29 is 9.59 Å². The zero-order chi connectivity index (χ0) is 12.7. The van der Waals surface area contributed by atoms with Crippen LogP contribution in [0.4, 0.5) is 0 Å². The zero-order valence-electron chi connectivity index (χ0n) is 10.1. The maximum atomic E-state index is 11.9. The van der Waals surface area contributed by atoms with Gasteiger partial charge in [-0.2, -0.15) is 0 Å². The molecule has 1 amide bonds. The number of carbonyl (C=O) groups is 2. The molecule has 1 aromatic rings. The van der Waals surface area contributed by atoms with Gasteiger partial charge in [0.25, 0.3) is 5.91 Å². The maximum Gasteiger partial charge on any atom is 0.257 e. The molecule has 0 saturated heterocycles. The molecule has 90 valence electrons. The Balaban J connectivity index is 2.96. The molecule has 0 aliphatic heterocycles. The maximum absolute atomic E-state index is 11.9. The minimum Gasteiger partial charge on any atom is -0.339 e. The van der Waals surface area contributed by atoms with Crippen molar-refractivity contribution in [3.05, 3.63) is 35.7 Å². The van der Waals surface area contributed by atoms with Crippen LogP contribution in [-0.2, 0) is 9.59 Å². The lowest BCUT2D eigenvalue weighted by Crippen LogP contribution is -2.32. The SMILES string of the molecule is CCN(CC)C(=O)C(C=O)=Cc1ccccn1. The number of rotatable bonds is 5. The molecule has 0 atom stereocenters. The summed E-state index contributed by atoms with van der Waals surface area (Å²) in [7, 11) is 0. The quantitative estimate of drug-likeness (QED) is 0.335. The number of hydrogen-bond acceptors (Lipinski definition) is 3. The average Bonchev–Trinajstić information content (AvgIpc) is 2.38. The van der Waals surface area contributed by atoms with E-state index in [2.05, 4.69) is 4.98 Å². The van der Waals surface area contributed by atoms with Gasteiger partial charge < -0.3 is 4.90 Å². The Hall–Kier alpha value is -1.97. The monoisotopic (exact) mass is 232 g/mol. The second-order valence-electron chi connectivity index (χ2n) is 3.45. The van der Waals surface area contributed by atoms with Gasteiger partial charge in [-0.15, -0.1) is 0 Å². The number of likely N-dealkylation sites (N-methyl/N-ethyl adjacent to an activating group) is 1. The molecule has 4 heteroatoms. The summed E-state index contributed by atoms with van der Waals surface area (Å²) in [5.41, 5.74) is 0.738. The first-order chi connectivity index (χ1) is 8.22. The first-order valence-corrected chi connectivity index (χ1v) is 5.60. The molecule has 0 aliphatic carbocycles. The van der Waals surface area contributed by atoms with Gasteiger partial charge in [-0.3, -0.25) is 14.6 Å². The van der Waals surface area contributed by atoms with E-state index in [1.807, 2.05) is 19.9 Å². The Morgan fingerprint density at radius 2 is 2.06 bits per heavy atom. The van der Waals surface area contributed by atoms with Crippen LogP contribution >= 0.6 is 0 Å². The molecule has 0 unspecified atom stereocenters. The van der Waals surface area contributed by atoms with E-state index in [0.29, 0.717) is 25.1 Å². The van der Waals surface area contributed by atoms with Gasteiger partial charge in [0.1, 0.15) is 0 Å². The first kappa shape index (κ1) is 13.1. The number of amides is 1. The topological polar surface area (TPSA) is 50.3 Å². The van der Waals surface area contributed by atoms with E-state index in [1.165, 1.54) is 6.08 Å². The predicted octanol–water partition coefficient (Wildman–Crippen LogP) is 1.53. The van der Waals surface area contributed by atoms with E-state index in [9.17, 15) is 9.59 Å². The highest BCUT2D eigenvalue weighted by molar-refractivity contribution is 6.14. The first-order valence-electron chi connectivity index (χ1n) is 5.60. The van der Waals surface area contributed by atoms with Gasteiger partial charge >= 0.3 is 0 Å². The lowest BCUT2D eigenvalue weighted by Gasteiger charge is -2.18. The van der Waals surface area contributed by atoms with Gasteiger partial charge in [-0.25, -0.2) is 0 Å². The second-order valence-corrected chi connectivity index (χ2v) is 3.45. The third-order valence-electron chi connectivity index (χ3n) is 2.42. The summed E-state index contributed by atoms with van der Waals surface area (Å²) in [4.78, 5) is 28.5. The van der Waals surface area contributed by atoms with Gasteiger partial charge in [0.05, 0.1) is 11.3 Å². The van der Waals surface area contributed by atoms with Crippen molar-refractivity contribution in [2.45, 2.75) is 13.8 Å². The molecule has 17 heavy (non-hydrogen) atoms. The Morgan fingerprint density at radius 3 is 2.53 bits per heavy atom. The molecule has 1 heterocycles. The Bertz CT molecular complexity index is 409. The third kappa shape index (κ3) is 3.52. The largest absolute Gasteiger partial charge is 0.339 e. The van der Waals surface area contributed by atoms with Gasteiger partial charge in [0.15, 0.2) is 6.29 Å². The van der Waals surface area contributed by atoms with E-state index < -0.39 is 0 Å². The van der Waals surface area contributed by atoms with Crippen molar-refractivity contribution >= 4 is 18.3 Å². The van der Waals surface area contributed by atoms with E-state index in [-0.39, 0.29) is 11.5 Å². The average molecular weight is 232 g/mol. The summed E-state index contributed by atoms with van der Waals surface area (Å²) in [5, 5.41) is 0. The van der Waals surface area contributed by atoms with Crippen molar-refractivity contribution in [3.8, 4) is 0 Å². The van der Waals surface area contributed by atoms with Crippen LogP contribution in [-0.4, -0.2) is 35.2 Å². The highest BCUT2D eigenvalue weighted by Gasteiger charge is 2.14. The minimum absolute atomic E-state index is 0.132. The van der Waals surface area contributed by atoms with E-state index in [4.69, 9.17) is 0 Å². The highest BCUT2D eigenvalue weighted by atomic mass is 16.2. The molecule has 0 bridgehead atoms. The highest BCUT2D eigenvalue weighted by Crippen LogP contribution is 2.05. The van der Waals surface area contributed by atoms with Crippen molar-refractivity contribution in [3.63, 3.8) is 0 Å². The number of pyridine rings is 1. The molecular weight excluding hydrogens is 216 g/mol. The molecule has 0 saturated carbocycles. The number of aromatic nitrogens is 1. The Kier molecular flexibility index (Phi) is 5.07. The summed E-state index contributed by atoms with van der Waals surface area (Å²) in [6.07, 6.45) is 3.71. The fourth-order valence-corrected chi connectivity index (χ4v) is 1.46. The molecule has 0 N–H and O–H groups in total. The standard InChI is InChI=1S/C13H16N2O2/c1-3-15(4-2)13(17)11(10-16)9-12-7-5-6-8-14-12/h5-10H,3-4H2,1-2H3. The smallest absolute Gasteiger partial charge is 0.257 e. The second kappa shape index (κ2) is 6.58. The van der Waals surface area contributed by atoms with E-state index in [1.54, 1.807) is 23.2 Å². The lowest BCUT2D eigenvalue weighted by atomic mass is 10.2. The van der Waals surface area contributed by atoms with Gasteiger partial charge in [0, 0.05) is 19.3 Å². The summed E-state index contributed by atoms with van der Waals surface area (Å²) in [6, 6.07) is 5.34. The van der Waals surface area contributed by atoms with Crippen molar-refractivity contribution in [1.82, 2.24) is 9.88 Å². The van der Waals surface area contributed by atoms with Crippen LogP contribution in [0.25, 0.3) is 6.08 Å². The summed E-state index contributed by atoms with van der Waals surface area (Å²) >= 11 is 0. The van der Waals surface area contributed by atoms with Crippen molar-refractivity contribution in [2.75, 3.05) is 13.1 Å². The predicted molar refractivity (Wildman–Crippen MR) is 66.2 cm³/mol. The zero-order valence-corrected chi connectivity index (χ0v) is 10.1. The number of aldehydes is 1. The van der Waals surface area contributed by atoms with Crippen molar-refractivity contribution in [2.24, 2.45) is 0 Å². The lowest BCUT2D eigenvalue weighted by molar-refractivity contribution is -0.127. The molecular formula is C13H16N2O2. The molecule has 0 fully saturated rings. The summed E-state index contributed by atoms with van der Waals surface area (Å²) in [5.74, 6) is -0.254. The van der Waals surface area contributed by atoms with Crippen LogP contribution in [0.2, 0.25) is 0 Å². The molecule has 0 spiro atoms. The van der Waals surface area contributed by atoms with E-state index in [0.717, 1.165) is 0 Å². The molecule has 0 radical (unpaired) electrons. The number of nitrogens with zero attached hydrogens (tertiary/aromatic N) is 2. The molecule has 0 aromatic carbocycles. The fraction of sp³-hybridized carbons (Fsp3) is 0.308. The fourth-order valence-electron chi connectivity index (χ4n) is 1.46. The third-order valence-corrected chi connectivity index (χ3v) is 2.42. The molecule has 0 aliphatic rings. The van der Waals surface area contributed by atoms with Crippen LogP contribution in [0, 0.1) is 0 Å². The van der Waals surface area contributed by atoms with Gasteiger partial charge in [-0.1, -0.05) is 6.07 Å². The van der Waals surface area contributed by atoms with Gasteiger partial charge in [-0.05, 0) is 32.1 Å². The van der Waals surface area contributed by atoms with E-state index >= 15 is 0 Å². The normalized spacial score (nSPS) is 11.1. The van der Waals surface area contributed by atoms with Crippen molar-refractivity contribution in [1.29, 1.82) is 0 Å². The van der Waals surface area contributed by atoms with Gasteiger partial charge in [0.2, 0.25) is 0 Å². The molecule has 4 nitrogen and oxygen atoms in total. The Labute approximate surface area is 101 Å².